The van der Waals surface area contributed by atoms with Gasteiger partial charge in [0.1, 0.15) is 0 Å². The second-order valence-electron chi connectivity index (χ2n) is 3.11. The molecule has 0 nitrogen and oxygen atoms in total. The Hall–Kier alpha value is -0.416. The third-order valence-corrected chi connectivity index (χ3v) is 2.06. The monoisotopic (exact) mass is 219 g/mol. The topological polar surface area (TPSA) is 0 Å². The molecule has 0 N–H and O–H groups in total. The minimum Gasteiger partial charge on any atom is -0.230 e. The van der Waals surface area contributed by atoms with Gasteiger partial charge in [-0.1, -0.05) is 24.1 Å². The SMILES string of the molecule is C/C=C/C/C1=C/C=C\[CH-]CCC1.[Ni]. The van der Waals surface area contributed by atoms with Crippen LogP contribution in [0.1, 0.15) is 32.6 Å². The molecule has 0 aromatic rings. The number of hydrogen-bond acceptors (Lipinski definition) is 0. The Kier molecular flexibility index (Phi) is 7.93. The third kappa shape index (κ3) is 5.77. The van der Waals surface area contributed by atoms with E-state index >= 15 is 0 Å². The van der Waals surface area contributed by atoms with Crippen LogP contribution in [0, 0.1) is 6.42 Å². The zero-order chi connectivity index (χ0) is 8.65. The van der Waals surface area contributed by atoms with E-state index in [0.717, 1.165) is 6.42 Å². The van der Waals surface area contributed by atoms with Crippen LogP contribution in [0.15, 0.2) is 36.0 Å². The number of hydrogen-bond donors (Lipinski definition) is 0. The molecule has 0 aliphatic heterocycles. The first-order chi connectivity index (χ1) is 5.93. The molecule has 0 saturated heterocycles. The predicted octanol–water partition coefficient (Wildman–Crippen LogP) is 3.82. The van der Waals surface area contributed by atoms with Gasteiger partial charge < -0.3 is 0 Å². The maximum Gasteiger partial charge on any atom is 0 e. The first-order valence-corrected chi connectivity index (χ1v) is 4.72. The van der Waals surface area contributed by atoms with Crippen molar-refractivity contribution in [2.45, 2.75) is 32.6 Å². The first kappa shape index (κ1) is 12.6. The molecule has 0 atom stereocenters. The van der Waals surface area contributed by atoms with Crippen molar-refractivity contribution in [2.24, 2.45) is 0 Å². The minimum absolute atomic E-state index is 0. The fourth-order valence-electron chi connectivity index (χ4n) is 1.34. The van der Waals surface area contributed by atoms with E-state index in [-0.39, 0.29) is 16.5 Å². The van der Waals surface area contributed by atoms with Crippen molar-refractivity contribution in [1.82, 2.24) is 0 Å². The molecular formula is C12H17Ni-. The van der Waals surface area contributed by atoms with Crippen LogP contribution in [0.25, 0.3) is 0 Å². The van der Waals surface area contributed by atoms with E-state index in [1.54, 1.807) is 5.57 Å². The zero-order valence-electron chi connectivity index (χ0n) is 8.11. The molecule has 13 heavy (non-hydrogen) atoms. The van der Waals surface area contributed by atoms with Gasteiger partial charge in [0.05, 0.1) is 0 Å². The van der Waals surface area contributed by atoms with Crippen LogP contribution in [0.2, 0.25) is 0 Å². The second kappa shape index (κ2) is 8.19. The van der Waals surface area contributed by atoms with Crippen LogP contribution >= 0.6 is 0 Å². The molecule has 1 heteroatoms. The van der Waals surface area contributed by atoms with Gasteiger partial charge in [0.25, 0.3) is 0 Å². The van der Waals surface area contributed by atoms with Gasteiger partial charge >= 0.3 is 0 Å². The van der Waals surface area contributed by atoms with Gasteiger partial charge in [0.2, 0.25) is 0 Å². The van der Waals surface area contributed by atoms with Crippen LogP contribution in [-0.2, 0) is 16.5 Å². The van der Waals surface area contributed by atoms with Crippen LogP contribution in [0.5, 0.6) is 0 Å². The Morgan fingerprint density at radius 1 is 1.54 bits per heavy atom. The molecule has 0 aromatic carbocycles. The summed E-state index contributed by atoms with van der Waals surface area (Å²) in [5.74, 6) is 0. The summed E-state index contributed by atoms with van der Waals surface area (Å²) in [4.78, 5) is 0. The number of allylic oxidation sites excluding steroid dienone is 6. The van der Waals surface area contributed by atoms with E-state index in [4.69, 9.17) is 0 Å². The normalized spacial score (nSPS) is 23.3. The molecule has 0 aromatic heterocycles. The zero-order valence-corrected chi connectivity index (χ0v) is 9.10. The molecule has 1 rings (SSSR count). The van der Waals surface area contributed by atoms with Gasteiger partial charge in [-0.3, -0.25) is 0 Å². The Bertz CT molecular complexity index is 199. The van der Waals surface area contributed by atoms with Crippen molar-refractivity contribution in [3.8, 4) is 0 Å². The second-order valence-corrected chi connectivity index (χ2v) is 3.11. The Morgan fingerprint density at radius 2 is 2.38 bits per heavy atom. The van der Waals surface area contributed by atoms with Gasteiger partial charge in [0.15, 0.2) is 0 Å². The fourth-order valence-corrected chi connectivity index (χ4v) is 1.34. The minimum atomic E-state index is 0. The Balaban J connectivity index is 0.00000144. The van der Waals surface area contributed by atoms with Gasteiger partial charge in [-0.2, -0.15) is 0 Å². The summed E-state index contributed by atoms with van der Waals surface area (Å²) >= 11 is 0. The quantitative estimate of drug-likeness (QED) is 0.377. The molecule has 0 heterocycles. The smallest absolute Gasteiger partial charge is 0 e. The molecule has 0 saturated carbocycles. The average molecular weight is 220 g/mol. The maximum absolute atomic E-state index is 2.25. The molecule has 0 spiro atoms. The molecule has 0 radical (unpaired) electrons. The van der Waals surface area contributed by atoms with Gasteiger partial charge in [-0.15, -0.1) is 12.5 Å². The molecule has 0 unspecified atom stereocenters. The van der Waals surface area contributed by atoms with Crippen LogP contribution in [0.4, 0.5) is 0 Å². The summed E-state index contributed by atoms with van der Waals surface area (Å²) in [5.41, 5.74) is 1.55. The predicted molar refractivity (Wildman–Crippen MR) is 54.8 cm³/mol. The van der Waals surface area contributed by atoms with Crippen molar-refractivity contribution in [3.05, 3.63) is 42.4 Å². The van der Waals surface area contributed by atoms with Crippen LogP contribution < -0.4 is 0 Å². The molecule has 0 fully saturated rings. The van der Waals surface area contributed by atoms with Crippen molar-refractivity contribution in [3.63, 3.8) is 0 Å². The van der Waals surface area contributed by atoms with E-state index in [2.05, 4.69) is 43.7 Å². The largest absolute Gasteiger partial charge is 0.230 e. The summed E-state index contributed by atoms with van der Waals surface area (Å²) in [6.07, 6.45) is 18.0. The molecule has 1 aliphatic carbocycles. The van der Waals surface area contributed by atoms with Crippen LogP contribution in [-0.4, -0.2) is 0 Å². The molecule has 1 aliphatic rings. The Labute approximate surface area is 91.7 Å². The van der Waals surface area contributed by atoms with Gasteiger partial charge in [0, 0.05) is 16.5 Å². The maximum atomic E-state index is 2.25. The fraction of sp³-hybridized carbons (Fsp3) is 0.417. The van der Waals surface area contributed by atoms with Crippen molar-refractivity contribution in [1.29, 1.82) is 0 Å². The van der Waals surface area contributed by atoms with Crippen molar-refractivity contribution >= 4 is 0 Å². The first-order valence-electron chi connectivity index (χ1n) is 4.72. The van der Waals surface area contributed by atoms with Crippen LogP contribution in [0.3, 0.4) is 0 Å². The Morgan fingerprint density at radius 3 is 3.15 bits per heavy atom. The molecule has 76 valence electrons. The standard InChI is InChI=1S/C12H17.Ni/c1-2-3-9-12-10-7-5-4-6-8-11-12;/h2-5,7,10H,6,8-9,11H2,1H3;/q-1;/b3-2+,7-5-,12-10-;. The summed E-state index contributed by atoms with van der Waals surface area (Å²) < 4.78 is 0. The summed E-state index contributed by atoms with van der Waals surface area (Å²) in [7, 11) is 0. The van der Waals surface area contributed by atoms with E-state index in [1.807, 2.05) is 0 Å². The number of rotatable bonds is 2. The summed E-state index contributed by atoms with van der Waals surface area (Å²) in [5, 5.41) is 0. The van der Waals surface area contributed by atoms with E-state index < -0.39 is 0 Å². The summed E-state index contributed by atoms with van der Waals surface area (Å²) in [6.45, 7) is 2.08. The molecular weight excluding hydrogens is 203 g/mol. The van der Waals surface area contributed by atoms with E-state index in [0.29, 0.717) is 0 Å². The van der Waals surface area contributed by atoms with Crippen molar-refractivity contribution < 1.29 is 16.5 Å². The average Bonchev–Trinajstić information content (AvgIpc) is 2.02. The molecule has 0 bridgehead atoms. The molecule has 0 amide bonds. The van der Waals surface area contributed by atoms with E-state index in [1.165, 1.54) is 19.3 Å². The third-order valence-electron chi connectivity index (χ3n) is 2.06. The van der Waals surface area contributed by atoms with Gasteiger partial charge in [-0.05, 0) is 19.8 Å². The van der Waals surface area contributed by atoms with E-state index in [9.17, 15) is 0 Å². The summed E-state index contributed by atoms with van der Waals surface area (Å²) in [6, 6.07) is 0. The van der Waals surface area contributed by atoms with Gasteiger partial charge in [-0.25, -0.2) is 18.6 Å². The van der Waals surface area contributed by atoms with Crippen molar-refractivity contribution in [2.75, 3.05) is 0 Å².